The SMILES string of the molecule is CC(C)(C)OC(=O)N1C[C@@H](Cc2cc(Br)c(Cl)s2)C[C@@H]1C(=O)O. The van der Waals surface area contributed by atoms with Gasteiger partial charge in [0.05, 0.1) is 0 Å². The predicted octanol–water partition coefficient (Wildman–Crippen LogP) is 4.42. The summed E-state index contributed by atoms with van der Waals surface area (Å²) in [6.07, 6.45) is 0.540. The average Bonchev–Trinajstić information content (AvgIpc) is 2.92. The van der Waals surface area contributed by atoms with E-state index in [1.807, 2.05) is 6.07 Å². The van der Waals surface area contributed by atoms with Gasteiger partial charge in [0.15, 0.2) is 0 Å². The van der Waals surface area contributed by atoms with E-state index in [0.717, 1.165) is 9.35 Å². The molecule has 2 heterocycles. The summed E-state index contributed by atoms with van der Waals surface area (Å²) in [5.74, 6) is -0.922. The Bertz CT molecular complexity index is 594. The summed E-state index contributed by atoms with van der Waals surface area (Å²) in [5.41, 5.74) is -0.648. The Morgan fingerprint density at radius 3 is 2.65 bits per heavy atom. The lowest BCUT2D eigenvalue weighted by atomic mass is 10.0. The molecule has 0 spiro atoms. The van der Waals surface area contributed by atoms with Gasteiger partial charge in [0.1, 0.15) is 16.0 Å². The van der Waals surface area contributed by atoms with Crippen molar-refractivity contribution in [3.05, 3.63) is 19.8 Å². The zero-order chi connectivity index (χ0) is 17.4. The van der Waals surface area contributed by atoms with Crippen LogP contribution in [0.3, 0.4) is 0 Å². The summed E-state index contributed by atoms with van der Waals surface area (Å²) in [6, 6.07) is 1.10. The molecule has 5 nitrogen and oxygen atoms in total. The molecular formula is C15H19BrClNO4S. The Kier molecular flexibility index (Phi) is 5.63. The van der Waals surface area contributed by atoms with Gasteiger partial charge in [-0.25, -0.2) is 9.59 Å². The first-order valence-corrected chi connectivity index (χ1v) is 9.21. The highest BCUT2D eigenvalue weighted by Crippen LogP contribution is 2.35. The number of carboxylic acids is 1. The number of ether oxygens (including phenoxy) is 1. The molecular weight excluding hydrogens is 406 g/mol. The molecule has 1 aliphatic heterocycles. The smallest absolute Gasteiger partial charge is 0.411 e. The number of amides is 1. The molecule has 23 heavy (non-hydrogen) atoms. The van der Waals surface area contributed by atoms with Gasteiger partial charge in [-0.3, -0.25) is 4.90 Å². The molecule has 1 N–H and O–H groups in total. The van der Waals surface area contributed by atoms with Crippen LogP contribution in [0.5, 0.6) is 0 Å². The van der Waals surface area contributed by atoms with Crippen LogP contribution in [-0.4, -0.2) is 40.3 Å². The molecule has 2 atom stereocenters. The van der Waals surface area contributed by atoms with E-state index in [4.69, 9.17) is 16.3 Å². The number of carbonyl (C=O) groups excluding carboxylic acids is 1. The van der Waals surface area contributed by atoms with Gasteiger partial charge in [-0.1, -0.05) is 11.6 Å². The minimum absolute atomic E-state index is 0.0743. The molecule has 0 aliphatic carbocycles. The van der Waals surface area contributed by atoms with Crippen molar-refractivity contribution in [2.45, 2.75) is 45.3 Å². The molecule has 1 saturated heterocycles. The predicted molar refractivity (Wildman–Crippen MR) is 93.2 cm³/mol. The summed E-state index contributed by atoms with van der Waals surface area (Å²) in [6.45, 7) is 5.66. The Morgan fingerprint density at radius 2 is 2.17 bits per heavy atom. The summed E-state index contributed by atoms with van der Waals surface area (Å²) in [4.78, 5) is 26.1. The van der Waals surface area contributed by atoms with Crippen molar-refractivity contribution in [2.75, 3.05) is 6.54 Å². The van der Waals surface area contributed by atoms with Crippen LogP contribution < -0.4 is 0 Å². The van der Waals surface area contributed by atoms with Crippen molar-refractivity contribution in [3.63, 3.8) is 0 Å². The van der Waals surface area contributed by atoms with Gasteiger partial charge in [0, 0.05) is 15.9 Å². The number of hydrogen-bond acceptors (Lipinski definition) is 4. The van der Waals surface area contributed by atoms with Crippen molar-refractivity contribution in [1.29, 1.82) is 0 Å². The van der Waals surface area contributed by atoms with E-state index in [2.05, 4.69) is 15.9 Å². The molecule has 0 saturated carbocycles. The standard InChI is InChI=1S/C15H19BrClNO4S/c1-15(2,3)22-14(21)18-7-8(5-11(18)13(19)20)4-9-6-10(16)12(17)23-9/h6,8,11H,4-5,7H2,1-3H3,(H,19,20)/t8-,11+/m0/s1. The molecule has 2 rings (SSSR count). The second-order valence-corrected chi connectivity index (χ2v) is 9.22. The zero-order valence-electron chi connectivity index (χ0n) is 13.1. The van der Waals surface area contributed by atoms with E-state index in [1.54, 1.807) is 20.8 Å². The average molecular weight is 425 g/mol. The Balaban J connectivity index is 2.08. The number of thiophene rings is 1. The lowest BCUT2D eigenvalue weighted by Gasteiger charge is -2.26. The first kappa shape index (κ1) is 18.5. The van der Waals surface area contributed by atoms with Gasteiger partial charge in [-0.2, -0.15) is 0 Å². The fourth-order valence-electron chi connectivity index (χ4n) is 2.60. The maximum atomic E-state index is 12.2. The van der Waals surface area contributed by atoms with Gasteiger partial charge in [0.2, 0.25) is 0 Å². The third kappa shape index (κ3) is 4.84. The van der Waals surface area contributed by atoms with E-state index in [1.165, 1.54) is 16.2 Å². The molecule has 1 aliphatic rings. The zero-order valence-corrected chi connectivity index (χ0v) is 16.3. The van der Waals surface area contributed by atoms with Crippen LogP contribution >= 0.6 is 38.9 Å². The summed E-state index contributed by atoms with van der Waals surface area (Å²) in [7, 11) is 0. The van der Waals surface area contributed by atoms with Gasteiger partial charge in [0.25, 0.3) is 0 Å². The van der Waals surface area contributed by atoms with E-state index in [-0.39, 0.29) is 5.92 Å². The van der Waals surface area contributed by atoms with Gasteiger partial charge < -0.3 is 9.84 Å². The molecule has 8 heteroatoms. The molecule has 0 bridgehead atoms. The first-order valence-electron chi connectivity index (χ1n) is 7.23. The third-order valence-electron chi connectivity index (χ3n) is 3.49. The van der Waals surface area contributed by atoms with E-state index in [0.29, 0.717) is 23.7 Å². The number of halogens is 2. The van der Waals surface area contributed by atoms with E-state index >= 15 is 0 Å². The third-order valence-corrected chi connectivity index (χ3v) is 5.98. The summed E-state index contributed by atoms with van der Waals surface area (Å²) < 4.78 is 6.84. The van der Waals surface area contributed by atoms with Crippen molar-refractivity contribution in [1.82, 2.24) is 4.90 Å². The second kappa shape index (κ2) is 6.99. The van der Waals surface area contributed by atoms with Crippen LogP contribution in [0, 0.1) is 5.92 Å². The number of aliphatic carboxylic acids is 1. The van der Waals surface area contributed by atoms with Gasteiger partial charge in [-0.15, -0.1) is 11.3 Å². The highest BCUT2D eigenvalue weighted by Gasteiger charge is 2.41. The van der Waals surface area contributed by atoms with Crippen molar-refractivity contribution in [2.24, 2.45) is 5.92 Å². The highest BCUT2D eigenvalue weighted by atomic mass is 79.9. The lowest BCUT2D eigenvalue weighted by molar-refractivity contribution is -0.142. The maximum Gasteiger partial charge on any atom is 0.411 e. The van der Waals surface area contributed by atoms with Crippen LogP contribution in [0.1, 0.15) is 32.1 Å². The second-order valence-electron chi connectivity index (χ2n) is 6.63. The number of rotatable bonds is 3. The van der Waals surface area contributed by atoms with Crippen LogP contribution in [0.15, 0.2) is 10.5 Å². The largest absolute Gasteiger partial charge is 0.480 e. The molecule has 1 amide bonds. The lowest BCUT2D eigenvalue weighted by Crippen LogP contribution is -2.43. The van der Waals surface area contributed by atoms with Crippen LogP contribution in [-0.2, 0) is 16.0 Å². The normalized spacial score (nSPS) is 21.5. The first-order chi connectivity index (χ1) is 10.6. The minimum atomic E-state index is -0.997. The van der Waals surface area contributed by atoms with Crippen molar-refractivity contribution in [3.8, 4) is 0 Å². The maximum absolute atomic E-state index is 12.2. The van der Waals surface area contributed by atoms with Crippen LogP contribution in [0.25, 0.3) is 0 Å². The fourth-order valence-corrected chi connectivity index (χ4v) is 4.51. The van der Waals surface area contributed by atoms with Crippen LogP contribution in [0.2, 0.25) is 4.34 Å². The molecule has 128 valence electrons. The fraction of sp³-hybridized carbons (Fsp3) is 0.600. The molecule has 0 aromatic carbocycles. The van der Waals surface area contributed by atoms with Crippen molar-refractivity contribution < 1.29 is 19.4 Å². The molecule has 1 fully saturated rings. The topological polar surface area (TPSA) is 66.8 Å². The van der Waals surface area contributed by atoms with Gasteiger partial charge in [-0.05, 0) is 61.5 Å². The Morgan fingerprint density at radius 1 is 1.52 bits per heavy atom. The van der Waals surface area contributed by atoms with E-state index in [9.17, 15) is 14.7 Å². The minimum Gasteiger partial charge on any atom is -0.480 e. The Hall–Kier alpha value is -0.790. The molecule has 0 unspecified atom stereocenters. The number of hydrogen-bond donors (Lipinski definition) is 1. The molecule has 0 radical (unpaired) electrons. The number of likely N-dealkylation sites (tertiary alicyclic amines) is 1. The Labute approximate surface area is 152 Å². The molecule has 1 aromatic heterocycles. The highest BCUT2D eigenvalue weighted by molar-refractivity contribution is 9.10. The van der Waals surface area contributed by atoms with E-state index < -0.39 is 23.7 Å². The van der Waals surface area contributed by atoms with Crippen molar-refractivity contribution >= 4 is 50.9 Å². The monoisotopic (exact) mass is 423 g/mol. The number of nitrogens with zero attached hydrogens (tertiary/aromatic N) is 1. The summed E-state index contributed by atoms with van der Waals surface area (Å²) >= 11 is 10.9. The number of carbonyl (C=O) groups is 2. The van der Waals surface area contributed by atoms with Crippen LogP contribution in [0.4, 0.5) is 4.79 Å². The molecule has 1 aromatic rings. The summed E-state index contributed by atoms with van der Waals surface area (Å²) in [5, 5.41) is 9.39. The van der Waals surface area contributed by atoms with Gasteiger partial charge >= 0.3 is 12.1 Å². The number of carboxylic acid groups (broad SMARTS) is 1. The quantitative estimate of drug-likeness (QED) is 0.780.